The monoisotopic (exact) mass is 377 g/mol. The van der Waals surface area contributed by atoms with E-state index in [1.807, 2.05) is 23.2 Å². The van der Waals surface area contributed by atoms with Gasteiger partial charge in [0.25, 0.3) is 5.91 Å². The van der Waals surface area contributed by atoms with Crippen LogP contribution in [0.2, 0.25) is 0 Å². The number of allylic oxidation sites excluding steroid dienone is 1. The Morgan fingerprint density at radius 1 is 1.29 bits per heavy atom. The van der Waals surface area contributed by atoms with Gasteiger partial charge in [-0.2, -0.15) is 0 Å². The number of pyridine rings is 1. The van der Waals surface area contributed by atoms with E-state index in [-0.39, 0.29) is 17.9 Å². The third-order valence-electron chi connectivity index (χ3n) is 5.89. The molecule has 5 heteroatoms. The lowest BCUT2D eigenvalue weighted by molar-refractivity contribution is 0.0298. The second-order valence-electron chi connectivity index (χ2n) is 7.75. The number of aromatic nitrogens is 1. The lowest BCUT2D eigenvalue weighted by Gasteiger charge is -2.31. The maximum Gasteiger partial charge on any atom is 0.272 e. The molecular formula is C23H27N3O2. The first-order chi connectivity index (χ1) is 13.7. The first-order valence-electron chi connectivity index (χ1n) is 10.1. The number of amides is 1. The third kappa shape index (κ3) is 3.70. The number of fused-ring (bicyclic) bond motifs is 1. The van der Waals surface area contributed by atoms with Gasteiger partial charge in [-0.05, 0) is 43.2 Å². The lowest BCUT2D eigenvalue weighted by atomic mass is 9.86. The van der Waals surface area contributed by atoms with Crippen molar-refractivity contribution >= 4 is 11.6 Å². The molecule has 28 heavy (non-hydrogen) atoms. The fourth-order valence-corrected chi connectivity index (χ4v) is 4.34. The van der Waals surface area contributed by atoms with Crippen LogP contribution in [0.3, 0.4) is 0 Å². The van der Waals surface area contributed by atoms with Crippen molar-refractivity contribution in [2.75, 3.05) is 31.6 Å². The Kier molecular flexibility index (Phi) is 5.50. The molecule has 0 spiro atoms. The Balaban J connectivity index is 1.63. The maximum absolute atomic E-state index is 13.1. The smallest absolute Gasteiger partial charge is 0.272 e. The molecule has 1 aromatic heterocycles. The lowest BCUT2D eigenvalue weighted by Crippen LogP contribution is -2.41. The zero-order valence-corrected chi connectivity index (χ0v) is 16.2. The second kappa shape index (κ2) is 8.20. The van der Waals surface area contributed by atoms with Crippen LogP contribution in [0.5, 0.6) is 0 Å². The van der Waals surface area contributed by atoms with Gasteiger partial charge < -0.3 is 15.0 Å². The largest absolute Gasteiger partial charge is 0.379 e. The standard InChI is InChI=1S/C23H27N3O2/c1-3-17-9-8-16(2)14-20(17)25-21-15-24-22(19-7-5-4-6-18(19)21)23(27)26-10-12-28-13-11-26/h1,8-9,15,17,20,25H,2,4-7,10-14H2. The maximum atomic E-state index is 13.1. The van der Waals surface area contributed by atoms with Gasteiger partial charge in [0, 0.05) is 19.1 Å². The van der Waals surface area contributed by atoms with Gasteiger partial charge in [0.15, 0.2) is 0 Å². The number of hydrogen-bond acceptors (Lipinski definition) is 4. The highest BCUT2D eigenvalue weighted by Crippen LogP contribution is 2.33. The number of hydrogen-bond donors (Lipinski definition) is 1. The molecule has 1 aromatic rings. The van der Waals surface area contributed by atoms with Crippen LogP contribution in [0.1, 0.15) is 40.9 Å². The van der Waals surface area contributed by atoms with E-state index < -0.39 is 0 Å². The summed E-state index contributed by atoms with van der Waals surface area (Å²) < 4.78 is 5.38. The molecule has 1 N–H and O–H groups in total. The highest BCUT2D eigenvalue weighted by Gasteiger charge is 2.28. The Morgan fingerprint density at radius 2 is 2.04 bits per heavy atom. The van der Waals surface area contributed by atoms with Crippen LogP contribution in [-0.4, -0.2) is 48.1 Å². The predicted octanol–water partition coefficient (Wildman–Crippen LogP) is 2.98. The Bertz CT molecular complexity index is 846. The van der Waals surface area contributed by atoms with E-state index in [4.69, 9.17) is 11.2 Å². The summed E-state index contributed by atoms with van der Waals surface area (Å²) in [6.07, 6.45) is 16.5. The van der Waals surface area contributed by atoms with Crippen molar-refractivity contribution < 1.29 is 9.53 Å². The van der Waals surface area contributed by atoms with Gasteiger partial charge in [0.2, 0.25) is 0 Å². The topological polar surface area (TPSA) is 54.5 Å². The summed E-state index contributed by atoms with van der Waals surface area (Å²) in [6.45, 7) is 6.54. The first-order valence-corrected chi connectivity index (χ1v) is 10.1. The number of nitrogens with zero attached hydrogens (tertiary/aromatic N) is 2. The normalized spacial score (nSPS) is 24.4. The van der Waals surface area contributed by atoms with Crippen molar-refractivity contribution in [1.29, 1.82) is 0 Å². The van der Waals surface area contributed by atoms with Gasteiger partial charge in [-0.25, -0.2) is 4.98 Å². The summed E-state index contributed by atoms with van der Waals surface area (Å²) in [5.74, 6) is 2.92. The summed E-state index contributed by atoms with van der Waals surface area (Å²) in [4.78, 5) is 19.5. The van der Waals surface area contributed by atoms with Crippen molar-refractivity contribution in [2.24, 2.45) is 5.92 Å². The second-order valence-corrected chi connectivity index (χ2v) is 7.75. The first kappa shape index (κ1) is 18.8. The number of morpholine rings is 1. The molecule has 0 saturated carbocycles. The van der Waals surface area contributed by atoms with Crippen molar-refractivity contribution in [3.8, 4) is 12.3 Å². The van der Waals surface area contributed by atoms with Crippen LogP contribution in [0.15, 0.2) is 30.5 Å². The van der Waals surface area contributed by atoms with E-state index in [9.17, 15) is 4.79 Å². The van der Waals surface area contributed by atoms with E-state index in [0.29, 0.717) is 32.0 Å². The quantitative estimate of drug-likeness (QED) is 0.823. The zero-order valence-electron chi connectivity index (χ0n) is 16.2. The number of carbonyl (C=O) groups is 1. The van der Waals surface area contributed by atoms with Gasteiger partial charge in [0.1, 0.15) is 5.69 Å². The summed E-state index contributed by atoms with van der Waals surface area (Å²) in [5, 5.41) is 3.62. The van der Waals surface area contributed by atoms with Crippen molar-refractivity contribution in [1.82, 2.24) is 9.88 Å². The van der Waals surface area contributed by atoms with E-state index in [2.05, 4.69) is 22.8 Å². The molecule has 0 bridgehead atoms. The van der Waals surface area contributed by atoms with Crippen molar-refractivity contribution in [3.05, 3.63) is 47.3 Å². The van der Waals surface area contributed by atoms with E-state index in [0.717, 1.165) is 48.9 Å². The number of rotatable bonds is 3. The van der Waals surface area contributed by atoms with Gasteiger partial charge in [-0.15, -0.1) is 6.42 Å². The molecule has 1 fully saturated rings. The zero-order chi connectivity index (χ0) is 19.5. The van der Waals surface area contributed by atoms with E-state index in [1.165, 1.54) is 5.56 Å². The molecule has 0 radical (unpaired) electrons. The SMILES string of the molecule is C#CC1C=CC(=C)CC1Nc1cnc(C(=O)N2CCOCC2)c2c1CCCC2. The molecule has 4 rings (SSSR count). The molecule has 1 aliphatic heterocycles. The highest BCUT2D eigenvalue weighted by atomic mass is 16.5. The Hall–Kier alpha value is -2.58. The van der Waals surface area contributed by atoms with Crippen LogP contribution in [0, 0.1) is 18.3 Å². The number of anilines is 1. The summed E-state index contributed by atoms with van der Waals surface area (Å²) in [5.41, 5.74) is 5.04. The average Bonchev–Trinajstić information content (AvgIpc) is 2.74. The van der Waals surface area contributed by atoms with Crippen LogP contribution in [0.4, 0.5) is 5.69 Å². The van der Waals surface area contributed by atoms with Gasteiger partial charge in [-0.3, -0.25) is 4.79 Å². The summed E-state index contributed by atoms with van der Waals surface area (Å²) in [7, 11) is 0. The van der Waals surface area contributed by atoms with Crippen LogP contribution in [0.25, 0.3) is 0 Å². The fourth-order valence-electron chi connectivity index (χ4n) is 4.34. The molecular weight excluding hydrogens is 350 g/mol. The predicted molar refractivity (Wildman–Crippen MR) is 110 cm³/mol. The fraction of sp³-hybridized carbons (Fsp3) is 0.478. The number of carbonyl (C=O) groups excluding carboxylic acids is 1. The molecule has 2 aliphatic carbocycles. The van der Waals surface area contributed by atoms with Crippen LogP contribution in [-0.2, 0) is 17.6 Å². The molecule has 146 valence electrons. The van der Waals surface area contributed by atoms with E-state index >= 15 is 0 Å². The number of ether oxygens (including phenoxy) is 1. The average molecular weight is 377 g/mol. The molecule has 0 aromatic carbocycles. The number of nitrogens with one attached hydrogen (secondary N) is 1. The minimum atomic E-state index is 0.0272. The van der Waals surface area contributed by atoms with Gasteiger partial charge in [-0.1, -0.05) is 30.2 Å². The van der Waals surface area contributed by atoms with Crippen LogP contribution < -0.4 is 5.32 Å². The molecule has 2 heterocycles. The van der Waals surface area contributed by atoms with Crippen molar-refractivity contribution in [2.45, 2.75) is 38.1 Å². The molecule has 2 unspecified atom stereocenters. The molecule has 2 atom stereocenters. The highest BCUT2D eigenvalue weighted by molar-refractivity contribution is 5.94. The molecule has 1 amide bonds. The van der Waals surface area contributed by atoms with Gasteiger partial charge in [0.05, 0.1) is 31.0 Å². The summed E-state index contributed by atoms with van der Waals surface area (Å²) >= 11 is 0. The van der Waals surface area contributed by atoms with Crippen molar-refractivity contribution in [3.63, 3.8) is 0 Å². The number of terminal acetylenes is 1. The molecule has 3 aliphatic rings. The Labute approximate surface area is 166 Å². The third-order valence-corrected chi connectivity index (χ3v) is 5.89. The minimum Gasteiger partial charge on any atom is -0.379 e. The summed E-state index contributed by atoms with van der Waals surface area (Å²) in [6, 6.07) is 0.108. The molecule has 5 nitrogen and oxygen atoms in total. The van der Waals surface area contributed by atoms with Crippen LogP contribution >= 0.6 is 0 Å². The minimum absolute atomic E-state index is 0.0272. The van der Waals surface area contributed by atoms with Gasteiger partial charge >= 0.3 is 0 Å². The van der Waals surface area contributed by atoms with E-state index in [1.54, 1.807) is 0 Å². The Morgan fingerprint density at radius 3 is 2.79 bits per heavy atom. The molecule has 1 saturated heterocycles.